The summed E-state index contributed by atoms with van der Waals surface area (Å²) in [6.07, 6.45) is 3.44. The zero-order chi connectivity index (χ0) is 23.2. The molecule has 1 N–H and O–H groups in total. The van der Waals surface area contributed by atoms with Gasteiger partial charge in [0, 0.05) is 11.8 Å². The van der Waals surface area contributed by atoms with Gasteiger partial charge in [-0.05, 0) is 43.7 Å². The Kier molecular flexibility index (Phi) is 4.51. The third-order valence-electron chi connectivity index (χ3n) is 5.76. The molecule has 34 heavy (non-hydrogen) atoms. The van der Waals surface area contributed by atoms with Crippen molar-refractivity contribution >= 4 is 28.5 Å². The predicted molar refractivity (Wildman–Crippen MR) is 128 cm³/mol. The standard InChI is InChI=1S/C26H19N5O3/c1-15-8-6-12-31-23(15)28-22(17-9-4-3-5-10-17)24(31)29-25(32)18-14-19(20-11-7-13-33-20)27-26-21(18)16(2)30-34-26/h3-14H,1-2H3,(H,29,32). The summed E-state index contributed by atoms with van der Waals surface area (Å²) in [7, 11) is 0. The van der Waals surface area contributed by atoms with Gasteiger partial charge in [-0.15, -0.1) is 0 Å². The van der Waals surface area contributed by atoms with Crippen molar-refractivity contribution in [3.05, 3.63) is 89.9 Å². The van der Waals surface area contributed by atoms with Crippen LogP contribution in [0.15, 0.2) is 82.1 Å². The summed E-state index contributed by atoms with van der Waals surface area (Å²) in [6, 6.07) is 18.9. The number of pyridine rings is 2. The van der Waals surface area contributed by atoms with Crippen LogP contribution in [0.2, 0.25) is 0 Å². The lowest BCUT2D eigenvalue weighted by Crippen LogP contribution is -2.15. The van der Waals surface area contributed by atoms with Crippen LogP contribution in [0.4, 0.5) is 5.82 Å². The maximum absolute atomic E-state index is 13.7. The van der Waals surface area contributed by atoms with Gasteiger partial charge in [0.15, 0.2) is 5.76 Å². The van der Waals surface area contributed by atoms with Gasteiger partial charge < -0.3 is 14.3 Å². The monoisotopic (exact) mass is 449 g/mol. The van der Waals surface area contributed by atoms with E-state index in [4.69, 9.17) is 13.9 Å². The topological polar surface area (TPSA) is 98.5 Å². The average Bonchev–Trinajstić information content (AvgIpc) is 3.60. The van der Waals surface area contributed by atoms with Crippen LogP contribution in [0.5, 0.6) is 0 Å². The van der Waals surface area contributed by atoms with E-state index < -0.39 is 0 Å². The normalized spacial score (nSPS) is 11.4. The third-order valence-corrected chi connectivity index (χ3v) is 5.76. The summed E-state index contributed by atoms with van der Waals surface area (Å²) in [5.74, 6) is 0.779. The smallest absolute Gasteiger partial charge is 0.259 e. The Hall–Kier alpha value is -4.72. The minimum absolute atomic E-state index is 0.272. The zero-order valence-electron chi connectivity index (χ0n) is 18.4. The van der Waals surface area contributed by atoms with E-state index in [2.05, 4.69) is 15.5 Å². The van der Waals surface area contributed by atoms with Crippen molar-refractivity contribution in [1.82, 2.24) is 19.5 Å². The lowest BCUT2D eigenvalue weighted by molar-refractivity contribution is 0.102. The lowest BCUT2D eigenvalue weighted by atomic mass is 10.1. The Morgan fingerprint density at radius 1 is 1.00 bits per heavy atom. The number of nitrogens with one attached hydrogen (secondary N) is 1. The molecule has 0 aliphatic heterocycles. The Balaban J connectivity index is 1.52. The second kappa shape index (κ2) is 7.70. The van der Waals surface area contributed by atoms with E-state index in [1.54, 1.807) is 31.4 Å². The highest BCUT2D eigenvalue weighted by atomic mass is 16.5. The number of carbonyl (C=O) groups is 1. The van der Waals surface area contributed by atoms with Gasteiger partial charge in [-0.3, -0.25) is 9.20 Å². The number of aromatic nitrogens is 4. The fourth-order valence-electron chi connectivity index (χ4n) is 4.12. The van der Waals surface area contributed by atoms with E-state index in [0.29, 0.717) is 39.6 Å². The van der Waals surface area contributed by atoms with Gasteiger partial charge in [-0.1, -0.05) is 41.6 Å². The van der Waals surface area contributed by atoms with Crippen LogP contribution in [0.25, 0.3) is 39.5 Å². The Labute approximate surface area is 193 Å². The molecule has 0 aliphatic carbocycles. The highest BCUT2D eigenvalue weighted by Crippen LogP contribution is 2.32. The molecule has 0 saturated carbocycles. The molecule has 6 aromatic rings. The average molecular weight is 449 g/mol. The molecular formula is C26H19N5O3. The summed E-state index contributed by atoms with van der Waals surface area (Å²) in [5.41, 5.74) is 5.08. The van der Waals surface area contributed by atoms with E-state index in [1.807, 2.05) is 60.0 Å². The van der Waals surface area contributed by atoms with Crippen molar-refractivity contribution < 1.29 is 13.7 Å². The number of amides is 1. The first-order chi connectivity index (χ1) is 16.6. The molecule has 0 fully saturated rings. The summed E-state index contributed by atoms with van der Waals surface area (Å²) in [4.78, 5) is 23.1. The number of aryl methyl sites for hydroxylation is 2. The second-order valence-corrected chi connectivity index (χ2v) is 7.99. The fraction of sp³-hybridized carbons (Fsp3) is 0.0769. The van der Waals surface area contributed by atoms with Gasteiger partial charge in [-0.25, -0.2) is 9.97 Å². The number of carbonyl (C=O) groups excluding carboxylic acids is 1. The number of anilines is 1. The van der Waals surface area contributed by atoms with Gasteiger partial charge in [0.05, 0.1) is 22.9 Å². The highest BCUT2D eigenvalue weighted by Gasteiger charge is 2.23. The maximum atomic E-state index is 13.7. The van der Waals surface area contributed by atoms with Crippen molar-refractivity contribution in [3.8, 4) is 22.7 Å². The molecule has 1 aromatic carbocycles. The van der Waals surface area contributed by atoms with Crippen molar-refractivity contribution in [2.24, 2.45) is 0 Å². The Morgan fingerprint density at radius 3 is 2.65 bits per heavy atom. The molecule has 0 saturated heterocycles. The van der Waals surface area contributed by atoms with Crippen LogP contribution in [0, 0.1) is 13.8 Å². The number of nitrogens with zero attached hydrogens (tertiary/aromatic N) is 4. The van der Waals surface area contributed by atoms with Crippen LogP contribution in [-0.4, -0.2) is 25.4 Å². The molecule has 0 unspecified atom stereocenters. The molecule has 0 radical (unpaired) electrons. The molecule has 5 aromatic heterocycles. The van der Waals surface area contributed by atoms with Crippen LogP contribution in [0.3, 0.4) is 0 Å². The second-order valence-electron chi connectivity index (χ2n) is 7.99. The number of imidazole rings is 1. The van der Waals surface area contributed by atoms with Gasteiger partial charge in [0.2, 0.25) is 0 Å². The summed E-state index contributed by atoms with van der Waals surface area (Å²) >= 11 is 0. The predicted octanol–water partition coefficient (Wildman–Crippen LogP) is 5.67. The van der Waals surface area contributed by atoms with Crippen LogP contribution >= 0.6 is 0 Å². The molecule has 0 spiro atoms. The number of rotatable bonds is 4. The summed E-state index contributed by atoms with van der Waals surface area (Å²) < 4.78 is 12.8. The SMILES string of the molecule is Cc1noc2nc(-c3ccco3)cc(C(=O)Nc3c(-c4ccccc4)nc4c(C)cccn34)c12. The lowest BCUT2D eigenvalue weighted by Gasteiger charge is -2.10. The van der Waals surface area contributed by atoms with E-state index in [9.17, 15) is 4.79 Å². The molecule has 6 rings (SSSR count). The minimum Gasteiger partial charge on any atom is -0.463 e. The molecule has 0 atom stereocenters. The molecule has 0 bridgehead atoms. The summed E-state index contributed by atoms with van der Waals surface area (Å²) in [5, 5.41) is 7.66. The van der Waals surface area contributed by atoms with Crippen LogP contribution in [-0.2, 0) is 0 Å². The van der Waals surface area contributed by atoms with Crippen molar-refractivity contribution in [1.29, 1.82) is 0 Å². The van der Waals surface area contributed by atoms with Crippen molar-refractivity contribution in [2.75, 3.05) is 5.32 Å². The van der Waals surface area contributed by atoms with E-state index >= 15 is 0 Å². The van der Waals surface area contributed by atoms with E-state index in [-0.39, 0.29) is 11.6 Å². The first-order valence-corrected chi connectivity index (χ1v) is 10.8. The molecule has 5 heterocycles. The van der Waals surface area contributed by atoms with E-state index in [1.165, 1.54) is 0 Å². The third kappa shape index (κ3) is 3.15. The van der Waals surface area contributed by atoms with Crippen LogP contribution < -0.4 is 5.32 Å². The molecule has 1 amide bonds. The minimum atomic E-state index is -0.327. The molecular weight excluding hydrogens is 430 g/mol. The van der Waals surface area contributed by atoms with Crippen molar-refractivity contribution in [3.63, 3.8) is 0 Å². The van der Waals surface area contributed by atoms with Gasteiger partial charge in [0.1, 0.15) is 22.9 Å². The van der Waals surface area contributed by atoms with Gasteiger partial charge in [-0.2, -0.15) is 0 Å². The number of furan rings is 1. The molecule has 0 aliphatic rings. The number of hydrogen-bond donors (Lipinski definition) is 1. The quantitative estimate of drug-likeness (QED) is 0.372. The molecule has 8 heteroatoms. The largest absolute Gasteiger partial charge is 0.463 e. The zero-order valence-corrected chi connectivity index (χ0v) is 18.4. The highest BCUT2D eigenvalue weighted by molar-refractivity contribution is 6.13. The number of fused-ring (bicyclic) bond motifs is 2. The number of hydrogen-bond acceptors (Lipinski definition) is 6. The maximum Gasteiger partial charge on any atom is 0.259 e. The van der Waals surface area contributed by atoms with Crippen molar-refractivity contribution in [2.45, 2.75) is 13.8 Å². The molecule has 166 valence electrons. The first-order valence-electron chi connectivity index (χ1n) is 10.8. The molecule has 8 nitrogen and oxygen atoms in total. The Bertz CT molecular complexity index is 1660. The van der Waals surface area contributed by atoms with Gasteiger partial charge >= 0.3 is 0 Å². The summed E-state index contributed by atoms with van der Waals surface area (Å²) in [6.45, 7) is 3.77. The van der Waals surface area contributed by atoms with Gasteiger partial charge in [0.25, 0.3) is 11.6 Å². The Morgan fingerprint density at radius 2 is 1.85 bits per heavy atom. The van der Waals surface area contributed by atoms with Crippen LogP contribution in [0.1, 0.15) is 21.6 Å². The van der Waals surface area contributed by atoms with E-state index in [0.717, 1.165) is 16.8 Å². The first kappa shape index (κ1) is 19.9. The number of benzene rings is 1. The fourth-order valence-corrected chi connectivity index (χ4v) is 4.12.